The van der Waals surface area contributed by atoms with Crippen molar-refractivity contribution in [3.8, 4) is 12.1 Å². The van der Waals surface area contributed by atoms with Gasteiger partial charge in [0, 0.05) is 6.00 Å². The first kappa shape index (κ1) is 26.3. The Kier molecular flexibility index (Phi) is 9.15. The van der Waals surface area contributed by atoms with E-state index in [9.17, 15) is 20.0 Å². The average Bonchev–Trinajstić information content (AvgIpc) is 3.14. The van der Waals surface area contributed by atoms with E-state index in [1.54, 1.807) is 26.0 Å². The fraction of sp³-hybridized carbons (Fsp3) is 0.889. The molecule has 2 aliphatic heterocycles. The maximum Gasteiger partial charge on any atom is 0.268 e. The van der Waals surface area contributed by atoms with Gasteiger partial charge in [-0.1, -0.05) is 0 Å². The summed E-state index contributed by atoms with van der Waals surface area (Å²) in [6.45, 7) is 6.63. The van der Waals surface area contributed by atoms with Gasteiger partial charge in [-0.2, -0.15) is 10.5 Å². The van der Waals surface area contributed by atoms with Crippen molar-refractivity contribution in [1.29, 1.82) is 10.5 Å². The average molecular weight is 451 g/mol. The molecule has 0 aliphatic carbocycles. The van der Waals surface area contributed by atoms with Gasteiger partial charge in [-0.15, -0.1) is 0 Å². The summed E-state index contributed by atoms with van der Waals surface area (Å²) < 4.78 is 44.7. The number of phosphoric acid groups is 1. The largest absolute Gasteiger partial charge is 0.756 e. The van der Waals surface area contributed by atoms with Crippen molar-refractivity contribution in [1.82, 2.24) is 0 Å². The molecule has 0 spiro atoms. The van der Waals surface area contributed by atoms with Crippen LogP contribution in [-0.2, 0) is 32.6 Å². The van der Waals surface area contributed by atoms with Crippen molar-refractivity contribution >= 4 is 23.5 Å². The van der Waals surface area contributed by atoms with Crippen LogP contribution in [0.1, 0.15) is 34.1 Å². The fourth-order valence-corrected chi connectivity index (χ4v) is 4.36. The van der Waals surface area contributed by atoms with E-state index >= 15 is 0 Å². The van der Waals surface area contributed by atoms with E-state index in [2.05, 4.69) is 0 Å². The van der Waals surface area contributed by atoms with Crippen LogP contribution in [0, 0.1) is 28.1 Å². The molecule has 7 atom stereocenters. The molecule has 0 aromatic rings. The Morgan fingerprint density at radius 2 is 1.77 bits per heavy atom. The third kappa shape index (κ3) is 6.54. The van der Waals surface area contributed by atoms with Gasteiger partial charge in [0.15, 0.2) is 5.41 Å². The van der Waals surface area contributed by atoms with Crippen LogP contribution in [-0.4, -0.2) is 77.5 Å². The molecule has 2 fully saturated rings. The second kappa shape index (κ2) is 10.8. The first-order chi connectivity index (χ1) is 14.4. The Hall–Kier alpha value is -0.940. The summed E-state index contributed by atoms with van der Waals surface area (Å²) in [5, 5.41) is 19.1. The van der Waals surface area contributed by atoms with Crippen molar-refractivity contribution in [2.24, 2.45) is 5.41 Å². The minimum absolute atomic E-state index is 0.123. The van der Waals surface area contributed by atoms with Gasteiger partial charge in [-0.25, -0.2) is 0 Å². The highest BCUT2D eigenvalue weighted by Gasteiger charge is 2.58. The van der Waals surface area contributed by atoms with Gasteiger partial charge >= 0.3 is 0 Å². The number of hydrogen-bond acceptors (Lipinski definition) is 10. The Balaban J connectivity index is 2.11. The predicted octanol–water partition coefficient (Wildman–Crippen LogP) is 0.286. The Morgan fingerprint density at radius 1 is 1.13 bits per heavy atom. The van der Waals surface area contributed by atoms with Gasteiger partial charge in [0.25, 0.3) is 7.82 Å². The molecule has 4 radical (unpaired) electrons. The van der Waals surface area contributed by atoms with E-state index in [0.29, 0.717) is 6.42 Å². The van der Waals surface area contributed by atoms with E-state index in [-0.39, 0.29) is 18.8 Å². The van der Waals surface area contributed by atoms with Crippen LogP contribution in [0.3, 0.4) is 0 Å². The van der Waals surface area contributed by atoms with E-state index in [0.717, 1.165) is 0 Å². The molecule has 2 heterocycles. The summed E-state index contributed by atoms with van der Waals surface area (Å²) in [6, 6.07) is 1.45. The molecule has 31 heavy (non-hydrogen) atoms. The monoisotopic (exact) mass is 451 g/mol. The standard InChI is InChI=1S/C18H27B2N2O8P/c1-10(2)25-6-14-16(18(8-21,9-22)17(20)29-14)30-31(23,24)26-7-13-12(27-11(3)4)5-15(19)28-13/h10-17H,5-7H2,1-4H3,(H,23,24)/p-1/t12-,13-,14-,15-,16+,17-/m1/s1. The normalized spacial score (nSPS) is 34.5. The molecule has 0 aromatic heterocycles. The molecule has 10 nitrogen and oxygen atoms in total. The maximum atomic E-state index is 12.6. The highest BCUT2D eigenvalue weighted by molar-refractivity contribution is 7.45. The summed E-state index contributed by atoms with van der Waals surface area (Å²) >= 11 is 0. The van der Waals surface area contributed by atoms with Crippen LogP contribution in [0.25, 0.3) is 0 Å². The zero-order chi connectivity index (χ0) is 23.4. The number of nitrogens with zero attached hydrogens (tertiary/aromatic N) is 2. The minimum Gasteiger partial charge on any atom is -0.756 e. The smallest absolute Gasteiger partial charge is 0.268 e. The lowest BCUT2D eigenvalue weighted by Gasteiger charge is -2.33. The fourth-order valence-electron chi connectivity index (χ4n) is 3.39. The lowest BCUT2D eigenvalue weighted by atomic mass is 9.72. The molecule has 1 unspecified atom stereocenters. The van der Waals surface area contributed by atoms with Crippen LogP contribution >= 0.6 is 7.82 Å². The van der Waals surface area contributed by atoms with Crippen LogP contribution in [0.2, 0.25) is 0 Å². The first-order valence-electron chi connectivity index (χ1n) is 9.99. The van der Waals surface area contributed by atoms with Gasteiger partial charge in [0.2, 0.25) is 0 Å². The second-order valence-corrected chi connectivity index (χ2v) is 9.37. The highest BCUT2D eigenvalue weighted by atomic mass is 31.2. The Bertz CT molecular complexity index is 729. The van der Waals surface area contributed by atoms with Crippen molar-refractivity contribution < 1.29 is 37.5 Å². The summed E-state index contributed by atoms with van der Waals surface area (Å²) in [4.78, 5) is 12.6. The molecule has 2 saturated heterocycles. The summed E-state index contributed by atoms with van der Waals surface area (Å²) in [7, 11) is 6.57. The van der Waals surface area contributed by atoms with Gasteiger partial charge in [0.1, 0.15) is 34.0 Å². The molecule has 2 aliphatic rings. The van der Waals surface area contributed by atoms with Gasteiger partial charge in [0.05, 0.1) is 49.7 Å². The van der Waals surface area contributed by atoms with Crippen molar-refractivity contribution in [2.75, 3.05) is 13.2 Å². The highest BCUT2D eigenvalue weighted by Crippen LogP contribution is 2.49. The second-order valence-electron chi connectivity index (χ2n) is 8.01. The van der Waals surface area contributed by atoms with E-state index in [1.165, 1.54) is 0 Å². The van der Waals surface area contributed by atoms with E-state index in [4.69, 9.17) is 43.7 Å². The molecular formula is C18H26B2N2O8P-. The van der Waals surface area contributed by atoms with Crippen molar-refractivity contribution in [2.45, 2.75) is 82.7 Å². The van der Waals surface area contributed by atoms with Crippen LogP contribution in [0.4, 0.5) is 0 Å². The number of rotatable bonds is 10. The zero-order valence-corrected chi connectivity index (χ0v) is 18.9. The SMILES string of the molecule is [B][C@@H]1O[C@H](COC(C)C)[C@H](OP(=O)([O-])OC[C@H]2O[C@@H]([B])C[C@H]2OC(C)C)C1(C#N)C#N. The van der Waals surface area contributed by atoms with Crippen molar-refractivity contribution in [3.05, 3.63) is 0 Å². The topological polar surface area (TPSA) is 143 Å². The molecule has 0 amide bonds. The van der Waals surface area contributed by atoms with Gasteiger partial charge < -0.3 is 32.9 Å². The van der Waals surface area contributed by atoms with Crippen LogP contribution < -0.4 is 4.89 Å². The molecular weight excluding hydrogens is 425 g/mol. The third-order valence-electron chi connectivity index (χ3n) is 4.84. The van der Waals surface area contributed by atoms with Crippen LogP contribution in [0.5, 0.6) is 0 Å². The van der Waals surface area contributed by atoms with Crippen molar-refractivity contribution in [3.63, 3.8) is 0 Å². The third-order valence-corrected chi connectivity index (χ3v) is 5.79. The summed E-state index contributed by atoms with van der Waals surface area (Å²) in [6.07, 6.45) is -3.77. The number of hydrogen-bond donors (Lipinski definition) is 0. The summed E-state index contributed by atoms with van der Waals surface area (Å²) in [5.74, 6) is 0. The predicted molar refractivity (Wildman–Crippen MR) is 107 cm³/mol. The molecule has 0 aromatic carbocycles. The first-order valence-corrected chi connectivity index (χ1v) is 11.5. The zero-order valence-electron chi connectivity index (χ0n) is 18.0. The summed E-state index contributed by atoms with van der Waals surface area (Å²) in [5.41, 5.74) is -2.07. The van der Waals surface area contributed by atoms with Gasteiger partial charge in [-0.3, -0.25) is 4.57 Å². The number of nitriles is 2. The minimum atomic E-state index is -5.01. The lowest BCUT2D eigenvalue weighted by Crippen LogP contribution is -2.43. The number of phosphoric ester groups is 1. The lowest BCUT2D eigenvalue weighted by molar-refractivity contribution is -0.236. The molecule has 0 saturated carbocycles. The molecule has 13 heteroatoms. The number of ether oxygens (including phenoxy) is 4. The maximum absolute atomic E-state index is 12.6. The van der Waals surface area contributed by atoms with E-state index in [1.807, 2.05) is 13.8 Å². The van der Waals surface area contributed by atoms with Crippen LogP contribution in [0.15, 0.2) is 0 Å². The quantitative estimate of drug-likeness (QED) is 0.336. The molecule has 0 N–H and O–H groups in total. The Morgan fingerprint density at radius 3 is 2.32 bits per heavy atom. The molecule has 0 bridgehead atoms. The molecule has 168 valence electrons. The Labute approximate surface area is 185 Å². The molecule has 2 rings (SSSR count). The van der Waals surface area contributed by atoms with Gasteiger partial charge in [-0.05, 0) is 34.1 Å². The van der Waals surface area contributed by atoms with E-state index < -0.39 is 56.3 Å².